The molecular formula is C37H28N2O3. The van der Waals surface area contributed by atoms with Gasteiger partial charge in [-0.2, -0.15) is 0 Å². The number of nitrogen functional groups attached to an aromatic ring is 2. The molecule has 204 valence electrons. The summed E-state index contributed by atoms with van der Waals surface area (Å²) in [5.74, 6) is 2.09. The van der Waals surface area contributed by atoms with Gasteiger partial charge in [0.15, 0.2) is 11.5 Å². The van der Waals surface area contributed by atoms with Crippen LogP contribution in [0.25, 0.3) is 22.3 Å². The molecule has 0 radical (unpaired) electrons. The van der Waals surface area contributed by atoms with Crippen LogP contribution in [0.2, 0.25) is 0 Å². The van der Waals surface area contributed by atoms with E-state index in [-0.39, 0.29) is 17.2 Å². The van der Waals surface area contributed by atoms with E-state index in [9.17, 15) is 4.79 Å². The minimum absolute atomic E-state index is 0.178. The molecule has 0 saturated carbocycles. The summed E-state index contributed by atoms with van der Waals surface area (Å²) in [7, 11) is 0. The van der Waals surface area contributed by atoms with Crippen LogP contribution < -0.4 is 20.9 Å². The lowest BCUT2D eigenvalue weighted by molar-refractivity contribution is 0.103. The van der Waals surface area contributed by atoms with Gasteiger partial charge in [0.25, 0.3) is 0 Å². The highest BCUT2D eigenvalue weighted by Gasteiger charge is 2.17. The Morgan fingerprint density at radius 1 is 0.429 bits per heavy atom. The minimum Gasteiger partial charge on any atom is -0.457 e. The Morgan fingerprint density at radius 2 is 0.857 bits per heavy atom. The zero-order valence-electron chi connectivity index (χ0n) is 22.7. The number of hydrogen-bond donors (Lipinski definition) is 2. The summed E-state index contributed by atoms with van der Waals surface area (Å²) in [4.78, 5) is 13.3. The van der Waals surface area contributed by atoms with E-state index >= 15 is 0 Å². The Morgan fingerprint density at radius 3 is 1.36 bits per heavy atom. The van der Waals surface area contributed by atoms with Gasteiger partial charge in [0.05, 0.1) is 11.4 Å². The zero-order chi connectivity index (χ0) is 28.9. The lowest BCUT2D eigenvalue weighted by Crippen LogP contribution is -2.08. The van der Waals surface area contributed by atoms with Crippen LogP contribution in [-0.2, 0) is 0 Å². The van der Waals surface area contributed by atoms with E-state index in [1.807, 2.05) is 84.9 Å². The van der Waals surface area contributed by atoms with Crippen molar-refractivity contribution in [2.24, 2.45) is 0 Å². The van der Waals surface area contributed by atoms with Gasteiger partial charge in [0.1, 0.15) is 17.2 Å². The van der Waals surface area contributed by atoms with Crippen molar-refractivity contribution < 1.29 is 14.3 Å². The average Bonchev–Trinajstić information content (AvgIpc) is 3.05. The smallest absolute Gasteiger partial charge is 0.195 e. The molecule has 5 nitrogen and oxygen atoms in total. The fourth-order valence-electron chi connectivity index (χ4n) is 4.69. The normalized spacial score (nSPS) is 10.7. The molecule has 42 heavy (non-hydrogen) atoms. The van der Waals surface area contributed by atoms with Gasteiger partial charge in [-0.1, -0.05) is 84.9 Å². The Labute approximate surface area is 244 Å². The SMILES string of the molecule is Nc1c(Oc2ccc(-c3ccccc3)cc2)ccc(C(=O)c2ccc(Oc3ccc(-c4ccccc4)cc3)cc2)c1N. The van der Waals surface area contributed by atoms with E-state index in [1.165, 1.54) is 0 Å². The monoisotopic (exact) mass is 548 g/mol. The fourth-order valence-corrected chi connectivity index (χ4v) is 4.69. The summed E-state index contributed by atoms with van der Waals surface area (Å²) in [5.41, 5.74) is 18.2. The molecule has 0 aliphatic heterocycles. The second-order valence-electron chi connectivity index (χ2n) is 9.78. The summed E-state index contributed by atoms with van der Waals surface area (Å²) in [6.45, 7) is 0. The third-order valence-corrected chi connectivity index (χ3v) is 6.99. The molecule has 0 fully saturated rings. The lowest BCUT2D eigenvalue weighted by Gasteiger charge is -2.14. The van der Waals surface area contributed by atoms with Gasteiger partial charge in [0.2, 0.25) is 0 Å². The Hall–Kier alpha value is -5.81. The highest BCUT2D eigenvalue weighted by Crippen LogP contribution is 2.36. The van der Waals surface area contributed by atoms with Gasteiger partial charge in [-0.15, -0.1) is 0 Å². The van der Waals surface area contributed by atoms with Crippen LogP contribution in [0, 0.1) is 0 Å². The van der Waals surface area contributed by atoms with E-state index < -0.39 is 0 Å². The minimum atomic E-state index is -0.239. The maximum Gasteiger partial charge on any atom is 0.195 e. The molecule has 0 heterocycles. The Kier molecular flexibility index (Phi) is 7.38. The quantitative estimate of drug-likeness (QED) is 0.146. The number of nitrogens with two attached hydrogens (primary N) is 2. The van der Waals surface area contributed by atoms with Gasteiger partial charge in [-0.05, 0) is 82.9 Å². The van der Waals surface area contributed by atoms with Crippen molar-refractivity contribution in [2.75, 3.05) is 11.5 Å². The van der Waals surface area contributed by atoms with Crippen LogP contribution >= 0.6 is 0 Å². The third-order valence-electron chi connectivity index (χ3n) is 6.99. The fraction of sp³-hybridized carbons (Fsp3) is 0. The van der Waals surface area contributed by atoms with Crippen molar-refractivity contribution in [3.63, 3.8) is 0 Å². The van der Waals surface area contributed by atoms with Crippen molar-refractivity contribution in [3.05, 3.63) is 157 Å². The molecule has 6 aromatic carbocycles. The first kappa shape index (κ1) is 26.4. The first-order valence-corrected chi connectivity index (χ1v) is 13.5. The highest BCUT2D eigenvalue weighted by atomic mass is 16.5. The van der Waals surface area contributed by atoms with Crippen LogP contribution in [-0.4, -0.2) is 5.78 Å². The van der Waals surface area contributed by atoms with Crippen molar-refractivity contribution in [1.29, 1.82) is 0 Å². The van der Waals surface area contributed by atoms with Crippen LogP contribution in [0.4, 0.5) is 11.4 Å². The number of anilines is 2. The van der Waals surface area contributed by atoms with E-state index in [1.54, 1.807) is 36.4 Å². The molecule has 0 saturated heterocycles. The topological polar surface area (TPSA) is 87.6 Å². The highest BCUT2D eigenvalue weighted by molar-refractivity contribution is 6.13. The summed E-state index contributed by atoms with van der Waals surface area (Å²) in [6, 6.07) is 46.1. The van der Waals surface area contributed by atoms with E-state index in [0.29, 0.717) is 34.1 Å². The first-order valence-electron chi connectivity index (χ1n) is 13.5. The molecule has 0 bridgehead atoms. The van der Waals surface area contributed by atoms with E-state index in [4.69, 9.17) is 20.9 Å². The predicted octanol–water partition coefficient (Wildman–Crippen LogP) is 9.00. The van der Waals surface area contributed by atoms with Gasteiger partial charge in [-0.3, -0.25) is 4.79 Å². The van der Waals surface area contributed by atoms with Crippen molar-refractivity contribution in [3.8, 4) is 45.3 Å². The molecule has 0 unspecified atom stereocenters. The molecule has 0 aromatic heterocycles. The average molecular weight is 549 g/mol. The third kappa shape index (κ3) is 5.71. The Bertz CT molecular complexity index is 1820. The van der Waals surface area contributed by atoms with Crippen molar-refractivity contribution in [1.82, 2.24) is 0 Å². The molecule has 4 N–H and O–H groups in total. The number of hydrogen-bond acceptors (Lipinski definition) is 5. The van der Waals surface area contributed by atoms with Gasteiger partial charge < -0.3 is 20.9 Å². The molecule has 6 rings (SSSR count). The summed E-state index contributed by atoms with van der Waals surface area (Å²) < 4.78 is 12.0. The first-order chi connectivity index (χ1) is 20.5. The molecule has 0 aliphatic carbocycles. The van der Waals surface area contributed by atoms with E-state index in [0.717, 1.165) is 22.3 Å². The molecule has 0 amide bonds. The van der Waals surface area contributed by atoms with Crippen LogP contribution in [0.5, 0.6) is 23.0 Å². The summed E-state index contributed by atoms with van der Waals surface area (Å²) in [5, 5.41) is 0. The number of carbonyl (C=O) groups excluding carboxylic acids is 1. The Balaban J connectivity index is 1.12. The molecular weight excluding hydrogens is 520 g/mol. The largest absolute Gasteiger partial charge is 0.457 e. The summed E-state index contributed by atoms with van der Waals surface area (Å²) in [6.07, 6.45) is 0. The second kappa shape index (κ2) is 11.7. The standard InChI is InChI=1S/C37H28N2O3/c38-35-33(23-24-34(36(35)39)42-32-19-13-28(14-20-32)26-9-5-2-6-10-26)37(40)29-15-21-31(22-16-29)41-30-17-11-27(12-18-30)25-7-3-1-4-8-25/h1-24H,38-39H2. The number of ether oxygens (including phenoxy) is 2. The number of carbonyl (C=O) groups is 1. The molecule has 0 aliphatic rings. The number of ketones is 1. The van der Waals surface area contributed by atoms with Crippen LogP contribution in [0.1, 0.15) is 15.9 Å². The molecule has 0 spiro atoms. The van der Waals surface area contributed by atoms with Crippen molar-refractivity contribution in [2.45, 2.75) is 0 Å². The molecule has 5 heteroatoms. The zero-order valence-corrected chi connectivity index (χ0v) is 22.7. The summed E-state index contributed by atoms with van der Waals surface area (Å²) >= 11 is 0. The van der Waals surface area contributed by atoms with E-state index in [2.05, 4.69) is 24.3 Å². The van der Waals surface area contributed by atoms with Gasteiger partial charge >= 0.3 is 0 Å². The predicted molar refractivity (Wildman–Crippen MR) is 169 cm³/mol. The molecule has 0 atom stereocenters. The van der Waals surface area contributed by atoms with Crippen LogP contribution in [0.3, 0.4) is 0 Å². The molecule has 6 aromatic rings. The maximum atomic E-state index is 13.3. The van der Waals surface area contributed by atoms with Gasteiger partial charge in [0, 0.05) is 11.1 Å². The second-order valence-corrected chi connectivity index (χ2v) is 9.78. The van der Waals surface area contributed by atoms with Crippen LogP contribution in [0.15, 0.2) is 146 Å². The lowest BCUT2D eigenvalue weighted by atomic mass is 10.0. The number of benzene rings is 6. The van der Waals surface area contributed by atoms with Crippen molar-refractivity contribution >= 4 is 17.2 Å². The maximum absolute atomic E-state index is 13.3. The van der Waals surface area contributed by atoms with Gasteiger partial charge in [-0.25, -0.2) is 0 Å². The number of rotatable bonds is 8.